The molecule has 0 unspecified atom stereocenters. The third-order valence-electron chi connectivity index (χ3n) is 4.69. The van der Waals surface area contributed by atoms with E-state index in [0.717, 1.165) is 37.0 Å². The van der Waals surface area contributed by atoms with Gasteiger partial charge in [0.15, 0.2) is 11.5 Å². The van der Waals surface area contributed by atoms with Crippen molar-refractivity contribution < 1.29 is 4.79 Å². The molecule has 4 rings (SSSR count). The normalized spacial score (nSPS) is 14.0. The molecule has 1 aromatic heterocycles. The van der Waals surface area contributed by atoms with Crippen LogP contribution in [0.5, 0.6) is 0 Å². The maximum atomic E-state index is 13.0. The number of carbonyl (C=O) groups is 1. The van der Waals surface area contributed by atoms with Crippen molar-refractivity contribution >= 4 is 40.0 Å². The first-order chi connectivity index (χ1) is 12.6. The van der Waals surface area contributed by atoms with Gasteiger partial charge in [-0.15, -0.1) is 0 Å². The highest BCUT2D eigenvalue weighted by molar-refractivity contribution is 6.31. The topological polar surface area (TPSA) is 58.1 Å². The van der Waals surface area contributed by atoms with E-state index < -0.39 is 0 Å². The van der Waals surface area contributed by atoms with Gasteiger partial charge in [0, 0.05) is 23.8 Å². The first-order valence-corrected chi connectivity index (χ1v) is 9.09. The predicted octanol–water partition coefficient (Wildman–Crippen LogP) is 4.44. The monoisotopic (exact) mass is 366 g/mol. The van der Waals surface area contributed by atoms with E-state index in [2.05, 4.69) is 15.2 Å². The van der Waals surface area contributed by atoms with Crippen molar-refractivity contribution in [3.8, 4) is 0 Å². The molecule has 1 fully saturated rings. The molecule has 6 heteroatoms. The van der Waals surface area contributed by atoms with Crippen LogP contribution < -0.4 is 10.2 Å². The largest absolute Gasteiger partial charge is 0.355 e. The minimum atomic E-state index is -0.268. The van der Waals surface area contributed by atoms with E-state index in [9.17, 15) is 4.79 Å². The van der Waals surface area contributed by atoms with Crippen LogP contribution in [0.1, 0.15) is 28.9 Å². The SMILES string of the molecule is Cc1c(Cl)cccc1NC(=O)c1nc2ccccc2nc1N1CCCC1. The molecular formula is C20H19ClN4O. The van der Waals surface area contributed by atoms with E-state index >= 15 is 0 Å². The zero-order valence-corrected chi connectivity index (χ0v) is 15.3. The molecule has 26 heavy (non-hydrogen) atoms. The summed E-state index contributed by atoms with van der Waals surface area (Å²) in [5.41, 5.74) is 3.38. The molecule has 1 amide bonds. The number of hydrogen-bond acceptors (Lipinski definition) is 4. The Morgan fingerprint density at radius 2 is 1.73 bits per heavy atom. The summed E-state index contributed by atoms with van der Waals surface area (Å²) in [5.74, 6) is 0.383. The minimum Gasteiger partial charge on any atom is -0.355 e. The van der Waals surface area contributed by atoms with Gasteiger partial charge in [-0.25, -0.2) is 9.97 Å². The lowest BCUT2D eigenvalue weighted by atomic mass is 10.2. The highest BCUT2D eigenvalue weighted by Crippen LogP contribution is 2.27. The molecule has 2 heterocycles. The number of nitrogens with one attached hydrogen (secondary N) is 1. The van der Waals surface area contributed by atoms with E-state index in [1.165, 1.54) is 0 Å². The fourth-order valence-electron chi connectivity index (χ4n) is 3.22. The van der Waals surface area contributed by atoms with Crippen molar-refractivity contribution in [2.45, 2.75) is 19.8 Å². The molecular weight excluding hydrogens is 348 g/mol. The number of hydrogen-bond donors (Lipinski definition) is 1. The van der Waals surface area contributed by atoms with Crippen LogP contribution in [0.3, 0.4) is 0 Å². The number of halogens is 1. The van der Waals surface area contributed by atoms with Gasteiger partial charge >= 0.3 is 0 Å². The Hall–Kier alpha value is -2.66. The standard InChI is InChI=1S/C20H19ClN4O/c1-13-14(21)7-6-10-15(13)24-20(26)18-19(25-11-4-5-12-25)23-17-9-3-2-8-16(17)22-18/h2-3,6-10H,4-5,11-12H2,1H3,(H,24,26). The average molecular weight is 367 g/mol. The maximum absolute atomic E-state index is 13.0. The van der Waals surface area contributed by atoms with Gasteiger partial charge in [-0.3, -0.25) is 4.79 Å². The number of aromatic nitrogens is 2. The van der Waals surface area contributed by atoms with Crippen LogP contribution >= 0.6 is 11.6 Å². The quantitative estimate of drug-likeness (QED) is 0.744. The number of fused-ring (bicyclic) bond motifs is 1. The van der Waals surface area contributed by atoms with E-state index in [4.69, 9.17) is 16.6 Å². The summed E-state index contributed by atoms with van der Waals surface area (Å²) in [4.78, 5) is 24.5. The van der Waals surface area contributed by atoms with Crippen LogP contribution in [0.25, 0.3) is 11.0 Å². The zero-order chi connectivity index (χ0) is 18.1. The Balaban J connectivity index is 1.77. The highest BCUT2D eigenvalue weighted by atomic mass is 35.5. The first-order valence-electron chi connectivity index (χ1n) is 8.71. The number of benzene rings is 2. The lowest BCUT2D eigenvalue weighted by Crippen LogP contribution is -2.25. The molecule has 0 spiro atoms. The second-order valence-electron chi connectivity index (χ2n) is 6.45. The third-order valence-corrected chi connectivity index (χ3v) is 5.10. The third kappa shape index (κ3) is 3.10. The summed E-state index contributed by atoms with van der Waals surface area (Å²) >= 11 is 6.17. The average Bonchev–Trinajstić information content (AvgIpc) is 3.19. The minimum absolute atomic E-state index is 0.268. The van der Waals surface area contributed by atoms with E-state index in [0.29, 0.717) is 27.7 Å². The summed E-state index contributed by atoms with van der Waals surface area (Å²) in [5, 5.41) is 3.56. The summed E-state index contributed by atoms with van der Waals surface area (Å²) < 4.78 is 0. The predicted molar refractivity (Wildman–Crippen MR) is 105 cm³/mol. The molecule has 0 saturated carbocycles. The number of carbonyl (C=O) groups excluding carboxylic acids is 1. The van der Waals surface area contributed by atoms with Crippen molar-refractivity contribution in [3.63, 3.8) is 0 Å². The molecule has 1 saturated heterocycles. The van der Waals surface area contributed by atoms with E-state index in [1.807, 2.05) is 43.3 Å². The summed E-state index contributed by atoms with van der Waals surface area (Å²) in [6, 6.07) is 13.1. The number of para-hydroxylation sites is 2. The number of amides is 1. The summed E-state index contributed by atoms with van der Waals surface area (Å²) in [6.07, 6.45) is 2.20. The Labute approximate surface area is 157 Å². The molecule has 1 aliphatic rings. The van der Waals surface area contributed by atoms with Crippen LogP contribution in [0.15, 0.2) is 42.5 Å². The molecule has 5 nitrogen and oxygen atoms in total. The lowest BCUT2D eigenvalue weighted by Gasteiger charge is -2.20. The number of anilines is 2. The zero-order valence-electron chi connectivity index (χ0n) is 14.5. The van der Waals surface area contributed by atoms with Crippen LogP contribution in [-0.2, 0) is 0 Å². The van der Waals surface area contributed by atoms with Gasteiger partial charge in [0.25, 0.3) is 5.91 Å². The second-order valence-corrected chi connectivity index (χ2v) is 6.85. The van der Waals surface area contributed by atoms with E-state index in [-0.39, 0.29) is 5.91 Å². The second kappa shape index (κ2) is 6.92. The van der Waals surface area contributed by atoms with E-state index in [1.54, 1.807) is 6.07 Å². The molecule has 132 valence electrons. The molecule has 1 N–H and O–H groups in total. The molecule has 0 bridgehead atoms. The van der Waals surface area contributed by atoms with Crippen LogP contribution in [0.4, 0.5) is 11.5 Å². The molecule has 0 radical (unpaired) electrons. The highest BCUT2D eigenvalue weighted by Gasteiger charge is 2.24. The smallest absolute Gasteiger partial charge is 0.278 e. The lowest BCUT2D eigenvalue weighted by molar-refractivity contribution is 0.102. The van der Waals surface area contributed by atoms with Gasteiger partial charge in [0.1, 0.15) is 0 Å². The van der Waals surface area contributed by atoms with Crippen molar-refractivity contribution in [2.24, 2.45) is 0 Å². The fourth-order valence-corrected chi connectivity index (χ4v) is 3.39. The Kier molecular flexibility index (Phi) is 4.47. The molecule has 3 aromatic rings. The summed E-state index contributed by atoms with van der Waals surface area (Å²) in [7, 11) is 0. The van der Waals surface area contributed by atoms with Gasteiger partial charge in [-0.1, -0.05) is 29.8 Å². The molecule has 2 aromatic carbocycles. The Morgan fingerprint density at radius 3 is 2.46 bits per heavy atom. The molecule has 0 atom stereocenters. The van der Waals surface area contributed by atoms with Crippen LogP contribution in [0.2, 0.25) is 5.02 Å². The van der Waals surface area contributed by atoms with Gasteiger partial charge in [-0.05, 0) is 49.6 Å². The van der Waals surface area contributed by atoms with Gasteiger partial charge < -0.3 is 10.2 Å². The number of nitrogens with zero attached hydrogens (tertiary/aromatic N) is 3. The van der Waals surface area contributed by atoms with Gasteiger partial charge in [0.2, 0.25) is 0 Å². The molecule has 0 aliphatic carbocycles. The number of rotatable bonds is 3. The fraction of sp³-hybridized carbons (Fsp3) is 0.250. The van der Waals surface area contributed by atoms with Crippen LogP contribution in [-0.4, -0.2) is 29.0 Å². The first kappa shape index (κ1) is 16.8. The van der Waals surface area contributed by atoms with Crippen molar-refractivity contribution in [1.82, 2.24) is 9.97 Å². The maximum Gasteiger partial charge on any atom is 0.278 e. The summed E-state index contributed by atoms with van der Waals surface area (Å²) in [6.45, 7) is 3.67. The van der Waals surface area contributed by atoms with Gasteiger partial charge in [-0.2, -0.15) is 0 Å². The Morgan fingerprint density at radius 1 is 1.04 bits per heavy atom. The van der Waals surface area contributed by atoms with Crippen molar-refractivity contribution in [3.05, 3.63) is 58.7 Å². The molecule has 1 aliphatic heterocycles. The van der Waals surface area contributed by atoms with Crippen LogP contribution in [0, 0.1) is 6.92 Å². The van der Waals surface area contributed by atoms with Crippen molar-refractivity contribution in [2.75, 3.05) is 23.3 Å². The van der Waals surface area contributed by atoms with Crippen molar-refractivity contribution in [1.29, 1.82) is 0 Å². The van der Waals surface area contributed by atoms with Gasteiger partial charge in [0.05, 0.1) is 11.0 Å². The Bertz CT molecular complexity index is 983.